The number of hydrogen-bond acceptors (Lipinski definition) is 5. The number of ether oxygens (including phenoxy) is 2. The highest BCUT2D eigenvalue weighted by Gasteiger charge is 2.31. The number of aliphatic hydroxyl groups is 1. The molecular weight excluding hydrogens is 480 g/mol. The second-order valence-electron chi connectivity index (χ2n) is 6.17. The van der Waals surface area contributed by atoms with Gasteiger partial charge in [-0.25, -0.2) is 0 Å². The van der Waals surface area contributed by atoms with Crippen LogP contribution in [-0.2, 0) is 9.53 Å². The minimum absolute atomic E-state index is 0.0185. The van der Waals surface area contributed by atoms with Gasteiger partial charge in [0.15, 0.2) is 0 Å². The van der Waals surface area contributed by atoms with Crippen molar-refractivity contribution in [1.29, 1.82) is 0 Å². The van der Waals surface area contributed by atoms with Crippen LogP contribution in [0.3, 0.4) is 0 Å². The van der Waals surface area contributed by atoms with Gasteiger partial charge in [-0.15, -0.1) is 11.8 Å². The zero-order valence-electron chi connectivity index (χ0n) is 15.6. The second kappa shape index (κ2) is 11.0. The van der Waals surface area contributed by atoms with Crippen LogP contribution in [0.4, 0.5) is 5.69 Å². The third kappa shape index (κ3) is 6.82. The number of benzene rings is 2. The quantitative estimate of drug-likeness (QED) is 0.337. The van der Waals surface area contributed by atoms with Gasteiger partial charge in [0.1, 0.15) is 18.0 Å². The van der Waals surface area contributed by atoms with Crippen LogP contribution < -0.4 is 10.1 Å². The van der Waals surface area contributed by atoms with Crippen LogP contribution in [-0.4, -0.2) is 42.7 Å². The molecule has 2 aromatic rings. The lowest BCUT2D eigenvalue weighted by Gasteiger charge is -2.23. The topological polar surface area (TPSA) is 67.8 Å². The van der Waals surface area contributed by atoms with E-state index in [0.717, 1.165) is 0 Å². The minimum atomic E-state index is -1.73. The second-order valence-corrected chi connectivity index (χ2v) is 8.79. The van der Waals surface area contributed by atoms with Gasteiger partial charge in [-0.3, -0.25) is 4.79 Å². The fraction of sp³-hybridized carbons (Fsp3) is 0.316. The summed E-state index contributed by atoms with van der Waals surface area (Å²) in [4.78, 5) is 13.2. The molecule has 0 radical (unpaired) electrons. The molecule has 0 aliphatic rings. The summed E-state index contributed by atoms with van der Waals surface area (Å²) < 4.78 is 10.4. The number of nitrogens with one attached hydrogen (secondary N) is 1. The lowest BCUT2D eigenvalue weighted by molar-refractivity contribution is -0.130. The molecule has 29 heavy (non-hydrogen) atoms. The molecule has 0 fully saturated rings. The van der Waals surface area contributed by atoms with E-state index in [1.165, 1.54) is 30.8 Å². The summed E-state index contributed by atoms with van der Waals surface area (Å²) in [5.41, 5.74) is -1.47. The number of amides is 1. The Morgan fingerprint density at radius 3 is 2.38 bits per heavy atom. The Hall–Kier alpha value is -0.860. The largest absolute Gasteiger partial charge is 0.490 e. The van der Waals surface area contributed by atoms with E-state index in [1.54, 1.807) is 25.3 Å². The molecule has 1 amide bonds. The van der Waals surface area contributed by atoms with E-state index in [0.29, 0.717) is 32.3 Å². The third-order valence-corrected chi connectivity index (χ3v) is 6.62. The summed E-state index contributed by atoms with van der Waals surface area (Å²) in [5.74, 6) is -0.300. The van der Waals surface area contributed by atoms with E-state index in [1.807, 2.05) is 0 Å². The maximum Gasteiger partial charge on any atom is 0.256 e. The van der Waals surface area contributed by atoms with Crippen LogP contribution in [0.25, 0.3) is 0 Å². The van der Waals surface area contributed by atoms with Crippen molar-refractivity contribution in [3.63, 3.8) is 0 Å². The van der Waals surface area contributed by atoms with Gasteiger partial charge in [0.05, 0.1) is 32.4 Å². The fourth-order valence-corrected chi connectivity index (χ4v) is 4.30. The number of carbonyl (C=O) groups is 1. The van der Waals surface area contributed by atoms with E-state index in [4.69, 9.17) is 55.9 Å². The molecular formula is C19H19Cl4NO4S. The average Bonchev–Trinajstić information content (AvgIpc) is 2.64. The lowest BCUT2D eigenvalue weighted by atomic mass is 10.1. The molecule has 1 unspecified atom stereocenters. The Bertz CT molecular complexity index is 859. The van der Waals surface area contributed by atoms with Crippen LogP contribution in [0.1, 0.15) is 6.92 Å². The predicted octanol–water partition coefficient (Wildman–Crippen LogP) is 5.81. The molecule has 0 aliphatic carbocycles. The van der Waals surface area contributed by atoms with Crippen LogP contribution in [0.2, 0.25) is 20.1 Å². The number of rotatable bonds is 9. The fourth-order valence-electron chi connectivity index (χ4n) is 2.13. The van der Waals surface area contributed by atoms with Crippen molar-refractivity contribution in [1.82, 2.24) is 0 Å². The van der Waals surface area contributed by atoms with E-state index >= 15 is 0 Å². The average molecular weight is 499 g/mol. The molecule has 1 atom stereocenters. The maximum atomic E-state index is 12.6. The Morgan fingerprint density at radius 2 is 1.76 bits per heavy atom. The van der Waals surface area contributed by atoms with Gasteiger partial charge < -0.3 is 19.9 Å². The monoisotopic (exact) mass is 497 g/mol. The number of hydrogen-bond donors (Lipinski definition) is 2. The highest BCUT2D eigenvalue weighted by atomic mass is 35.5. The van der Waals surface area contributed by atoms with Gasteiger partial charge in [-0.1, -0.05) is 52.5 Å². The number of halogens is 4. The summed E-state index contributed by atoms with van der Waals surface area (Å²) in [6.07, 6.45) is 0. The number of methoxy groups -OCH3 is 1. The van der Waals surface area contributed by atoms with Gasteiger partial charge in [0.2, 0.25) is 0 Å². The molecule has 5 nitrogen and oxygen atoms in total. The highest BCUT2D eigenvalue weighted by Crippen LogP contribution is 2.37. The summed E-state index contributed by atoms with van der Waals surface area (Å²) in [6.45, 7) is 2.04. The Balaban J connectivity index is 2.10. The van der Waals surface area contributed by atoms with E-state index in [-0.39, 0.29) is 23.1 Å². The van der Waals surface area contributed by atoms with Crippen molar-refractivity contribution < 1.29 is 19.4 Å². The van der Waals surface area contributed by atoms with E-state index in [2.05, 4.69) is 5.32 Å². The summed E-state index contributed by atoms with van der Waals surface area (Å²) in [5, 5.41) is 14.6. The Labute approximate surface area is 193 Å². The van der Waals surface area contributed by atoms with Crippen molar-refractivity contribution >= 4 is 69.8 Å². The van der Waals surface area contributed by atoms with Gasteiger partial charge in [0.25, 0.3) is 5.91 Å². The molecule has 0 spiro atoms. The standard InChI is InChI=1S/C19H19Cl4NO4S/c1-19(26,10-29-17-11(20)4-3-5-12(17)21)18(25)24-15-9-16(28-7-6-27-2)14(23)8-13(15)22/h3-5,8-9,26H,6-7,10H2,1-2H3,(H,24,25). The molecule has 2 rings (SSSR count). The Kier molecular flexibility index (Phi) is 9.22. The van der Waals surface area contributed by atoms with Crippen LogP contribution >= 0.6 is 58.2 Å². The molecule has 0 saturated heterocycles. The van der Waals surface area contributed by atoms with Crippen LogP contribution in [0.15, 0.2) is 35.2 Å². The Morgan fingerprint density at radius 1 is 1.10 bits per heavy atom. The van der Waals surface area contributed by atoms with Crippen molar-refractivity contribution in [2.45, 2.75) is 17.4 Å². The van der Waals surface area contributed by atoms with E-state index in [9.17, 15) is 9.90 Å². The van der Waals surface area contributed by atoms with Gasteiger partial charge in [0, 0.05) is 23.8 Å². The normalized spacial score (nSPS) is 13.1. The first kappa shape index (κ1) is 24.4. The zero-order valence-corrected chi connectivity index (χ0v) is 19.4. The molecule has 10 heteroatoms. The van der Waals surface area contributed by atoms with E-state index < -0.39 is 11.5 Å². The van der Waals surface area contributed by atoms with Crippen LogP contribution in [0, 0.1) is 0 Å². The minimum Gasteiger partial charge on any atom is -0.490 e. The zero-order chi connectivity index (χ0) is 21.6. The SMILES string of the molecule is COCCOc1cc(NC(=O)C(C)(O)CSc2c(Cl)cccc2Cl)c(Cl)cc1Cl. The van der Waals surface area contributed by atoms with Crippen molar-refractivity contribution in [2.75, 3.05) is 31.4 Å². The molecule has 2 aromatic carbocycles. The molecule has 158 valence electrons. The first-order valence-electron chi connectivity index (χ1n) is 8.37. The predicted molar refractivity (Wildman–Crippen MR) is 120 cm³/mol. The first-order chi connectivity index (χ1) is 13.7. The number of thioether (sulfide) groups is 1. The van der Waals surface area contributed by atoms with Crippen molar-refractivity contribution in [3.8, 4) is 5.75 Å². The van der Waals surface area contributed by atoms with Gasteiger partial charge in [-0.2, -0.15) is 0 Å². The molecule has 0 aromatic heterocycles. The van der Waals surface area contributed by atoms with Gasteiger partial charge >= 0.3 is 0 Å². The number of carbonyl (C=O) groups excluding carboxylic acids is 1. The maximum absolute atomic E-state index is 12.6. The molecule has 0 saturated carbocycles. The van der Waals surface area contributed by atoms with Gasteiger partial charge in [-0.05, 0) is 25.1 Å². The lowest BCUT2D eigenvalue weighted by Crippen LogP contribution is -2.42. The molecule has 0 aliphatic heterocycles. The highest BCUT2D eigenvalue weighted by molar-refractivity contribution is 7.99. The molecule has 2 N–H and O–H groups in total. The van der Waals surface area contributed by atoms with Crippen molar-refractivity contribution in [2.24, 2.45) is 0 Å². The molecule has 0 heterocycles. The first-order valence-corrected chi connectivity index (χ1v) is 10.9. The number of anilines is 1. The summed E-state index contributed by atoms with van der Waals surface area (Å²) in [7, 11) is 1.55. The van der Waals surface area contributed by atoms with Crippen molar-refractivity contribution in [3.05, 3.63) is 50.4 Å². The summed E-state index contributed by atoms with van der Waals surface area (Å²) in [6, 6.07) is 8.03. The molecule has 0 bridgehead atoms. The smallest absolute Gasteiger partial charge is 0.256 e. The summed E-state index contributed by atoms with van der Waals surface area (Å²) >= 11 is 25.7. The van der Waals surface area contributed by atoms with Crippen LogP contribution in [0.5, 0.6) is 5.75 Å². The third-order valence-electron chi connectivity index (χ3n) is 3.72.